The number of aliphatic hydroxyl groups excluding tert-OH is 1. The molecule has 0 amide bonds. The van der Waals surface area contributed by atoms with Crippen LogP contribution in [-0.2, 0) is 12.8 Å². The minimum absolute atomic E-state index is 0.0396. The van der Waals surface area contributed by atoms with Crippen LogP contribution in [-0.4, -0.2) is 15.1 Å². The first-order chi connectivity index (χ1) is 7.41. The summed E-state index contributed by atoms with van der Waals surface area (Å²) in [5.74, 6) is 0.413. The van der Waals surface area contributed by atoms with Crippen molar-refractivity contribution >= 4 is 11.0 Å². The van der Waals surface area contributed by atoms with Gasteiger partial charge in [0.05, 0.1) is 23.2 Å². The molecule has 0 atom stereocenters. The van der Waals surface area contributed by atoms with E-state index in [1.54, 1.807) is 6.92 Å². The quantitative estimate of drug-likeness (QED) is 0.790. The van der Waals surface area contributed by atoms with Crippen LogP contribution < -0.4 is 0 Å². The summed E-state index contributed by atoms with van der Waals surface area (Å²) in [6.45, 7) is 1.14. The van der Waals surface area contributed by atoms with Crippen molar-refractivity contribution in [3.8, 4) is 0 Å². The number of halogens is 3. The van der Waals surface area contributed by atoms with Crippen molar-refractivity contribution in [2.45, 2.75) is 19.7 Å². The van der Waals surface area contributed by atoms with Crippen LogP contribution in [0.4, 0.5) is 13.2 Å². The number of aliphatic hydroxyl groups is 1. The zero-order valence-electron chi connectivity index (χ0n) is 8.39. The number of hydrogen-bond acceptors (Lipinski definition) is 2. The summed E-state index contributed by atoms with van der Waals surface area (Å²) in [5, 5.41) is 8.89. The van der Waals surface area contributed by atoms with E-state index in [-0.39, 0.29) is 16.6 Å². The van der Waals surface area contributed by atoms with Gasteiger partial charge in [0.2, 0.25) is 0 Å². The third-order valence-corrected chi connectivity index (χ3v) is 2.26. The van der Waals surface area contributed by atoms with E-state index in [0.29, 0.717) is 5.82 Å². The number of benzene rings is 1. The van der Waals surface area contributed by atoms with Crippen molar-refractivity contribution in [2.24, 2.45) is 0 Å². The van der Waals surface area contributed by atoms with Gasteiger partial charge in [-0.05, 0) is 24.6 Å². The number of alkyl halides is 3. The van der Waals surface area contributed by atoms with Crippen LogP contribution >= 0.6 is 0 Å². The molecule has 2 aromatic rings. The molecule has 0 saturated heterocycles. The fourth-order valence-electron chi connectivity index (χ4n) is 1.61. The van der Waals surface area contributed by atoms with E-state index < -0.39 is 18.3 Å². The molecule has 2 N–H and O–H groups in total. The van der Waals surface area contributed by atoms with E-state index in [0.717, 1.165) is 6.07 Å². The van der Waals surface area contributed by atoms with Gasteiger partial charge in [-0.3, -0.25) is 0 Å². The van der Waals surface area contributed by atoms with Gasteiger partial charge in [0.25, 0.3) is 0 Å². The smallest absolute Gasteiger partial charge is 0.392 e. The van der Waals surface area contributed by atoms with Gasteiger partial charge in [0, 0.05) is 0 Å². The van der Waals surface area contributed by atoms with E-state index in [2.05, 4.69) is 9.97 Å². The van der Waals surface area contributed by atoms with Crippen molar-refractivity contribution in [1.82, 2.24) is 9.97 Å². The van der Waals surface area contributed by atoms with Gasteiger partial charge in [0.1, 0.15) is 5.82 Å². The highest BCUT2D eigenvalue weighted by Crippen LogP contribution is 2.34. The number of H-pyrrole nitrogens is 1. The molecule has 0 aliphatic rings. The Morgan fingerprint density at radius 3 is 2.62 bits per heavy atom. The Labute approximate surface area is 88.9 Å². The normalized spacial score (nSPS) is 12.3. The van der Waals surface area contributed by atoms with Crippen LogP contribution in [0.5, 0.6) is 0 Å². The summed E-state index contributed by atoms with van der Waals surface area (Å²) < 4.78 is 38.1. The number of rotatable bonds is 1. The molecule has 1 aromatic carbocycles. The average molecular weight is 230 g/mol. The maximum absolute atomic E-state index is 12.7. The van der Waals surface area contributed by atoms with Gasteiger partial charge >= 0.3 is 6.18 Å². The second-order valence-corrected chi connectivity index (χ2v) is 3.52. The molecule has 1 aromatic heterocycles. The molecule has 6 heteroatoms. The van der Waals surface area contributed by atoms with Crippen LogP contribution in [0.25, 0.3) is 11.0 Å². The van der Waals surface area contributed by atoms with Crippen molar-refractivity contribution in [1.29, 1.82) is 0 Å². The number of aromatic nitrogens is 2. The molecule has 1 heterocycles. The summed E-state index contributed by atoms with van der Waals surface area (Å²) in [7, 11) is 0. The summed E-state index contributed by atoms with van der Waals surface area (Å²) in [5.41, 5.74) is -0.417. The van der Waals surface area contributed by atoms with Crippen molar-refractivity contribution in [3.05, 3.63) is 29.1 Å². The lowest BCUT2D eigenvalue weighted by Crippen LogP contribution is -2.07. The summed E-state index contributed by atoms with van der Waals surface area (Å²) in [6.07, 6.45) is -4.46. The van der Waals surface area contributed by atoms with Gasteiger partial charge in [-0.15, -0.1) is 0 Å². The highest BCUT2D eigenvalue weighted by molar-refractivity contribution is 5.80. The van der Waals surface area contributed by atoms with Crippen LogP contribution in [0.2, 0.25) is 0 Å². The molecule has 0 aliphatic heterocycles. The molecule has 0 unspecified atom stereocenters. The zero-order valence-corrected chi connectivity index (χ0v) is 8.39. The third kappa shape index (κ3) is 1.76. The SMILES string of the molecule is Cc1nc2cc(CO)cc(C(F)(F)F)c2[nH]1. The first kappa shape index (κ1) is 10.9. The minimum atomic E-state index is -4.46. The Balaban J connectivity index is 2.78. The Hall–Kier alpha value is -1.56. The number of fused-ring (bicyclic) bond motifs is 1. The first-order valence-corrected chi connectivity index (χ1v) is 4.59. The summed E-state index contributed by atoms with van der Waals surface area (Å²) in [6, 6.07) is 2.37. The highest BCUT2D eigenvalue weighted by Gasteiger charge is 2.34. The predicted octanol–water partition coefficient (Wildman–Crippen LogP) is 2.38. The van der Waals surface area contributed by atoms with E-state index in [4.69, 9.17) is 5.11 Å². The molecule has 0 spiro atoms. The fraction of sp³-hybridized carbons (Fsp3) is 0.300. The number of hydrogen-bond donors (Lipinski definition) is 2. The first-order valence-electron chi connectivity index (χ1n) is 4.59. The molecule has 0 bridgehead atoms. The largest absolute Gasteiger partial charge is 0.418 e. The second-order valence-electron chi connectivity index (χ2n) is 3.52. The fourth-order valence-corrected chi connectivity index (χ4v) is 1.61. The van der Waals surface area contributed by atoms with Crippen LogP contribution in [0.1, 0.15) is 17.0 Å². The summed E-state index contributed by atoms with van der Waals surface area (Å²) in [4.78, 5) is 6.50. The number of nitrogens with zero attached hydrogens (tertiary/aromatic N) is 1. The van der Waals surface area contributed by atoms with Crippen LogP contribution in [0, 0.1) is 6.92 Å². The van der Waals surface area contributed by atoms with E-state index in [1.807, 2.05) is 0 Å². The predicted molar refractivity (Wildman–Crippen MR) is 51.8 cm³/mol. The topological polar surface area (TPSA) is 48.9 Å². The van der Waals surface area contributed by atoms with Crippen LogP contribution in [0.15, 0.2) is 12.1 Å². The van der Waals surface area contributed by atoms with Gasteiger partial charge < -0.3 is 10.1 Å². The van der Waals surface area contributed by atoms with Gasteiger partial charge in [-0.25, -0.2) is 4.98 Å². The molecular weight excluding hydrogens is 221 g/mol. The number of aromatic amines is 1. The summed E-state index contributed by atoms with van der Waals surface area (Å²) >= 11 is 0. The monoisotopic (exact) mass is 230 g/mol. The molecule has 0 aliphatic carbocycles. The van der Waals surface area contributed by atoms with Crippen molar-refractivity contribution in [2.75, 3.05) is 0 Å². The molecule has 0 saturated carbocycles. The molecule has 3 nitrogen and oxygen atoms in total. The molecule has 16 heavy (non-hydrogen) atoms. The van der Waals surface area contributed by atoms with E-state index >= 15 is 0 Å². The molecular formula is C10H9F3N2O. The lowest BCUT2D eigenvalue weighted by atomic mass is 10.1. The maximum Gasteiger partial charge on any atom is 0.418 e. The number of nitrogens with one attached hydrogen (secondary N) is 1. The number of imidazole rings is 1. The molecule has 2 rings (SSSR count). The Kier molecular flexibility index (Phi) is 2.38. The Morgan fingerprint density at radius 2 is 2.06 bits per heavy atom. The van der Waals surface area contributed by atoms with Crippen LogP contribution in [0.3, 0.4) is 0 Å². The van der Waals surface area contributed by atoms with Gasteiger partial charge in [0.15, 0.2) is 0 Å². The lowest BCUT2D eigenvalue weighted by Gasteiger charge is -2.09. The lowest BCUT2D eigenvalue weighted by molar-refractivity contribution is -0.136. The molecule has 0 radical (unpaired) electrons. The maximum atomic E-state index is 12.7. The Morgan fingerprint density at radius 1 is 1.38 bits per heavy atom. The average Bonchev–Trinajstić information content (AvgIpc) is 2.54. The highest BCUT2D eigenvalue weighted by atomic mass is 19.4. The number of aryl methyl sites for hydroxylation is 1. The standard InChI is InChI=1S/C10H9F3N2O/c1-5-14-8-3-6(4-16)2-7(9(8)15-5)10(11,12)13/h2-3,16H,4H2,1H3,(H,14,15). The second kappa shape index (κ2) is 3.48. The van der Waals surface area contributed by atoms with E-state index in [9.17, 15) is 13.2 Å². The van der Waals surface area contributed by atoms with Crippen molar-refractivity contribution in [3.63, 3.8) is 0 Å². The third-order valence-electron chi connectivity index (χ3n) is 2.26. The molecule has 86 valence electrons. The van der Waals surface area contributed by atoms with Gasteiger partial charge in [-0.2, -0.15) is 13.2 Å². The van der Waals surface area contributed by atoms with Gasteiger partial charge in [-0.1, -0.05) is 0 Å². The minimum Gasteiger partial charge on any atom is -0.392 e. The Bertz CT molecular complexity index is 531. The molecule has 0 fully saturated rings. The zero-order chi connectivity index (χ0) is 11.9. The van der Waals surface area contributed by atoms with E-state index in [1.165, 1.54) is 6.07 Å². The van der Waals surface area contributed by atoms with Crippen molar-refractivity contribution < 1.29 is 18.3 Å².